The van der Waals surface area contributed by atoms with Crippen molar-refractivity contribution in [3.63, 3.8) is 0 Å². The van der Waals surface area contributed by atoms with Crippen LogP contribution in [0.2, 0.25) is 0 Å². The van der Waals surface area contributed by atoms with E-state index in [0.29, 0.717) is 17.1 Å². The van der Waals surface area contributed by atoms with Crippen molar-refractivity contribution in [1.29, 1.82) is 0 Å². The second-order valence-electron chi connectivity index (χ2n) is 5.64. The summed E-state index contributed by atoms with van der Waals surface area (Å²) in [7, 11) is 1.79. The SMILES string of the molecule is Cn1c(C(C)(C)C)nc(-c2cc(F)cc(F)c2)c1N. The molecular weight excluding hydrogens is 248 g/mol. The Morgan fingerprint density at radius 2 is 1.63 bits per heavy atom. The maximum absolute atomic E-state index is 13.3. The zero-order valence-electron chi connectivity index (χ0n) is 11.5. The molecule has 0 radical (unpaired) electrons. The molecule has 0 aliphatic carbocycles. The Labute approximate surface area is 111 Å². The molecule has 0 amide bonds. The van der Waals surface area contributed by atoms with E-state index in [2.05, 4.69) is 4.98 Å². The summed E-state index contributed by atoms with van der Waals surface area (Å²) in [6.45, 7) is 6.01. The highest BCUT2D eigenvalue weighted by atomic mass is 19.1. The lowest BCUT2D eigenvalue weighted by molar-refractivity contribution is 0.524. The number of hydrogen-bond acceptors (Lipinski definition) is 2. The van der Waals surface area contributed by atoms with E-state index in [1.165, 1.54) is 12.1 Å². The van der Waals surface area contributed by atoms with Crippen molar-refractivity contribution < 1.29 is 8.78 Å². The molecule has 1 heterocycles. The van der Waals surface area contributed by atoms with Crippen LogP contribution < -0.4 is 5.73 Å². The van der Waals surface area contributed by atoms with Gasteiger partial charge in [0.15, 0.2) is 0 Å². The van der Waals surface area contributed by atoms with E-state index in [4.69, 9.17) is 5.73 Å². The standard InChI is InChI=1S/C14H17F2N3/c1-14(2,3)13-18-11(12(17)19(13)4)8-5-9(15)7-10(16)6-8/h5-7H,17H2,1-4H3. The summed E-state index contributed by atoms with van der Waals surface area (Å²) in [4.78, 5) is 4.44. The van der Waals surface area contributed by atoms with E-state index < -0.39 is 11.6 Å². The van der Waals surface area contributed by atoms with E-state index in [1.807, 2.05) is 20.8 Å². The second kappa shape index (κ2) is 4.33. The summed E-state index contributed by atoms with van der Waals surface area (Å²) in [5.74, 6) is -0.116. The predicted octanol–water partition coefficient (Wildman–Crippen LogP) is 3.25. The van der Waals surface area contributed by atoms with Crippen molar-refractivity contribution in [3.8, 4) is 11.3 Å². The molecule has 2 rings (SSSR count). The number of nitrogen functional groups attached to an aromatic ring is 1. The first-order valence-corrected chi connectivity index (χ1v) is 5.99. The van der Waals surface area contributed by atoms with Gasteiger partial charge < -0.3 is 10.3 Å². The van der Waals surface area contributed by atoms with Crippen LogP contribution >= 0.6 is 0 Å². The molecule has 1 aromatic carbocycles. The normalized spacial score (nSPS) is 11.9. The lowest BCUT2D eigenvalue weighted by atomic mass is 9.96. The third-order valence-corrected chi connectivity index (χ3v) is 2.95. The highest BCUT2D eigenvalue weighted by Gasteiger charge is 2.24. The maximum Gasteiger partial charge on any atom is 0.131 e. The lowest BCUT2D eigenvalue weighted by Crippen LogP contribution is -2.17. The summed E-state index contributed by atoms with van der Waals surface area (Å²) in [5.41, 5.74) is 6.54. The zero-order chi connectivity index (χ0) is 14.4. The topological polar surface area (TPSA) is 43.8 Å². The summed E-state index contributed by atoms with van der Waals surface area (Å²) in [6, 6.07) is 3.29. The van der Waals surface area contributed by atoms with Crippen molar-refractivity contribution in [3.05, 3.63) is 35.7 Å². The van der Waals surface area contributed by atoms with E-state index in [9.17, 15) is 8.78 Å². The van der Waals surface area contributed by atoms with Crippen LogP contribution in [0.5, 0.6) is 0 Å². The molecule has 5 heteroatoms. The number of aromatic nitrogens is 2. The van der Waals surface area contributed by atoms with Crippen molar-refractivity contribution in [1.82, 2.24) is 9.55 Å². The lowest BCUT2D eigenvalue weighted by Gasteiger charge is -2.17. The largest absolute Gasteiger partial charge is 0.383 e. The number of imidazole rings is 1. The molecule has 0 aliphatic heterocycles. The maximum atomic E-state index is 13.3. The van der Waals surface area contributed by atoms with Crippen LogP contribution in [0.25, 0.3) is 11.3 Å². The molecule has 1 aromatic heterocycles. The molecule has 0 saturated carbocycles. The smallest absolute Gasteiger partial charge is 0.131 e. The molecule has 19 heavy (non-hydrogen) atoms. The van der Waals surface area contributed by atoms with Gasteiger partial charge in [-0.1, -0.05) is 20.8 Å². The predicted molar refractivity (Wildman–Crippen MR) is 71.7 cm³/mol. The van der Waals surface area contributed by atoms with E-state index in [0.717, 1.165) is 11.9 Å². The van der Waals surface area contributed by atoms with Gasteiger partial charge in [0.05, 0.1) is 0 Å². The third kappa shape index (κ3) is 2.45. The van der Waals surface area contributed by atoms with Crippen LogP contribution in [0.4, 0.5) is 14.6 Å². The number of benzene rings is 1. The molecule has 3 nitrogen and oxygen atoms in total. The monoisotopic (exact) mass is 265 g/mol. The van der Waals surface area contributed by atoms with Gasteiger partial charge in [0, 0.05) is 24.1 Å². The van der Waals surface area contributed by atoms with Gasteiger partial charge in [-0.3, -0.25) is 0 Å². The number of nitrogens with zero attached hydrogens (tertiary/aromatic N) is 2. The number of hydrogen-bond donors (Lipinski definition) is 1. The van der Waals surface area contributed by atoms with Crippen molar-refractivity contribution in [2.24, 2.45) is 7.05 Å². The Bertz CT molecular complexity index is 604. The summed E-state index contributed by atoms with van der Waals surface area (Å²) < 4.78 is 28.3. The third-order valence-electron chi connectivity index (χ3n) is 2.95. The van der Waals surface area contributed by atoms with Gasteiger partial charge in [-0.05, 0) is 12.1 Å². The molecule has 0 bridgehead atoms. The average Bonchev–Trinajstić information content (AvgIpc) is 2.54. The molecule has 0 atom stereocenters. The van der Waals surface area contributed by atoms with Gasteiger partial charge in [-0.15, -0.1) is 0 Å². The number of nitrogens with two attached hydrogens (primary N) is 1. The number of rotatable bonds is 1. The first-order valence-electron chi connectivity index (χ1n) is 5.99. The molecule has 0 saturated heterocycles. The molecule has 0 fully saturated rings. The quantitative estimate of drug-likeness (QED) is 0.860. The molecule has 102 valence electrons. The van der Waals surface area contributed by atoms with Crippen molar-refractivity contribution in [2.75, 3.05) is 5.73 Å². The number of halogens is 2. The first kappa shape index (κ1) is 13.5. The van der Waals surface area contributed by atoms with Gasteiger partial charge in [-0.25, -0.2) is 13.8 Å². The molecular formula is C14H17F2N3. The van der Waals surface area contributed by atoms with Crippen LogP contribution in [0, 0.1) is 11.6 Å². The Kier molecular flexibility index (Phi) is 3.08. The Morgan fingerprint density at radius 1 is 1.11 bits per heavy atom. The van der Waals surface area contributed by atoms with Crippen LogP contribution in [0.15, 0.2) is 18.2 Å². The van der Waals surface area contributed by atoms with E-state index in [1.54, 1.807) is 11.6 Å². The van der Waals surface area contributed by atoms with Crippen LogP contribution in [0.1, 0.15) is 26.6 Å². The van der Waals surface area contributed by atoms with Crippen LogP contribution in [0.3, 0.4) is 0 Å². The minimum Gasteiger partial charge on any atom is -0.383 e. The summed E-state index contributed by atoms with van der Waals surface area (Å²) in [6.07, 6.45) is 0. The fourth-order valence-electron chi connectivity index (χ4n) is 2.08. The van der Waals surface area contributed by atoms with Gasteiger partial charge in [0.1, 0.15) is 29.0 Å². The van der Waals surface area contributed by atoms with Crippen molar-refractivity contribution >= 4 is 5.82 Å². The van der Waals surface area contributed by atoms with E-state index in [-0.39, 0.29) is 5.41 Å². The summed E-state index contributed by atoms with van der Waals surface area (Å²) in [5, 5.41) is 0. The molecule has 0 aliphatic rings. The molecule has 0 unspecified atom stereocenters. The highest BCUT2D eigenvalue weighted by molar-refractivity contribution is 5.71. The summed E-state index contributed by atoms with van der Waals surface area (Å²) >= 11 is 0. The first-order chi connectivity index (χ1) is 8.70. The molecule has 0 spiro atoms. The average molecular weight is 265 g/mol. The number of anilines is 1. The van der Waals surface area contributed by atoms with Gasteiger partial charge >= 0.3 is 0 Å². The fraction of sp³-hybridized carbons (Fsp3) is 0.357. The minimum absolute atomic E-state index is 0.201. The Hall–Kier alpha value is -1.91. The Morgan fingerprint density at radius 3 is 2.05 bits per heavy atom. The Balaban J connectivity index is 2.64. The van der Waals surface area contributed by atoms with Crippen LogP contribution in [-0.2, 0) is 12.5 Å². The van der Waals surface area contributed by atoms with Gasteiger partial charge in [0.2, 0.25) is 0 Å². The minimum atomic E-state index is -0.641. The highest BCUT2D eigenvalue weighted by Crippen LogP contribution is 2.31. The van der Waals surface area contributed by atoms with Gasteiger partial charge in [0.25, 0.3) is 0 Å². The zero-order valence-corrected chi connectivity index (χ0v) is 11.5. The second-order valence-corrected chi connectivity index (χ2v) is 5.64. The fourth-order valence-corrected chi connectivity index (χ4v) is 2.08. The molecule has 2 N–H and O–H groups in total. The van der Waals surface area contributed by atoms with Crippen LogP contribution in [-0.4, -0.2) is 9.55 Å². The molecule has 2 aromatic rings. The van der Waals surface area contributed by atoms with Crippen molar-refractivity contribution in [2.45, 2.75) is 26.2 Å². The van der Waals surface area contributed by atoms with Gasteiger partial charge in [-0.2, -0.15) is 0 Å². The van der Waals surface area contributed by atoms with E-state index >= 15 is 0 Å².